The van der Waals surface area contributed by atoms with E-state index in [0.717, 1.165) is 23.7 Å². The minimum atomic E-state index is -0.498. The number of fused-ring (bicyclic) bond motifs is 1. The highest BCUT2D eigenvalue weighted by Crippen LogP contribution is 2.36. The van der Waals surface area contributed by atoms with Crippen LogP contribution >= 0.6 is 15.9 Å². The Morgan fingerprint density at radius 1 is 1.19 bits per heavy atom. The van der Waals surface area contributed by atoms with Crippen molar-refractivity contribution >= 4 is 39.1 Å². The number of halogens is 1. The van der Waals surface area contributed by atoms with Crippen LogP contribution in [0.1, 0.15) is 43.5 Å². The van der Waals surface area contributed by atoms with E-state index in [1.54, 1.807) is 30.0 Å². The molecule has 3 rings (SSSR count). The van der Waals surface area contributed by atoms with E-state index in [-0.39, 0.29) is 11.8 Å². The van der Waals surface area contributed by atoms with Crippen LogP contribution in [0.15, 0.2) is 46.9 Å². The van der Waals surface area contributed by atoms with Gasteiger partial charge in [0.05, 0.1) is 5.69 Å². The second-order valence-corrected chi connectivity index (χ2v) is 7.52. The summed E-state index contributed by atoms with van der Waals surface area (Å²) in [7, 11) is 0. The Labute approximate surface area is 167 Å². The topological polar surface area (TPSA) is 58.6 Å². The van der Waals surface area contributed by atoms with Gasteiger partial charge in [-0.25, -0.2) is 0 Å². The Hall–Kier alpha value is -2.34. The fourth-order valence-electron chi connectivity index (χ4n) is 3.04. The Morgan fingerprint density at radius 2 is 1.93 bits per heavy atom. The van der Waals surface area contributed by atoms with Gasteiger partial charge in [-0.05, 0) is 55.8 Å². The van der Waals surface area contributed by atoms with Crippen LogP contribution in [0.4, 0.5) is 11.4 Å². The van der Waals surface area contributed by atoms with Gasteiger partial charge in [0.2, 0.25) is 0 Å². The summed E-state index contributed by atoms with van der Waals surface area (Å²) in [5.74, 6) is 0.423. The molecule has 2 aromatic carbocycles. The number of unbranched alkanes of at least 4 members (excludes halogenated alkanes) is 2. The van der Waals surface area contributed by atoms with E-state index in [1.807, 2.05) is 24.3 Å². The summed E-state index contributed by atoms with van der Waals surface area (Å²) in [5, 5.41) is 2.89. The molecule has 1 heterocycles. The molecule has 6 heteroatoms. The second-order valence-electron chi connectivity index (χ2n) is 6.60. The zero-order valence-corrected chi connectivity index (χ0v) is 17.1. The number of rotatable bonds is 6. The van der Waals surface area contributed by atoms with E-state index in [1.165, 1.54) is 0 Å². The van der Waals surface area contributed by atoms with Crippen LogP contribution in [0.5, 0.6) is 5.75 Å². The average Bonchev–Trinajstić information content (AvgIpc) is 2.66. The Kier molecular flexibility index (Phi) is 6.16. The van der Waals surface area contributed by atoms with E-state index < -0.39 is 6.10 Å². The van der Waals surface area contributed by atoms with Crippen molar-refractivity contribution in [1.29, 1.82) is 0 Å². The van der Waals surface area contributed by atoms with Gasteiger partial charge in [-0.2, -0.15) is 0 Å². The molecule has 0 spiro atoms. The van der Waals surface area contributed by atoms with Crippen molar-refractivity contribution < 1.29 is 14.3 Å². The highest BCUT2D eigenvalue weighted by molar-refractivity contribution is 9.10. The van der Waals surface area contributed by atoms with Crippen molar-refractivity contribution in [3.8, 4) is 5.75 Å². The van der Waals surface area contributed by atoms with Crippen LogP contribution in [-0.4, -0.2) is 24.5 Å². The average molecular weight is 431 g/mol. The number of ether oxygens (including phenoxy) is 1. The molecule has 5 nitrogen and oxygen atoms in total. The zero-order valence-electron chi connectivity index (χ0n) is 15.5. The van der Waals surface area contributed by atoms with Crippen LogP contribution in [0.3, 0.4) is 0 Å². The molecule has 0 saturated heterocycles. The number of nitrogens with one attached hydrogen (secondary N) is 1. The van der Waals surface area contributed by atoms with Crippen LogP contribution in [0.25, 0.3) is 0 Å². The van der Waals surface area contributed by atoms with Crippen LogP contribution in [0.2, 0.25) is 0 Å². The first-order valence-corrected chi connectivity index (χ1v) is 9.98. The highest BCUT2D eigenvalue weighted by atomic mass is 79.9. The largest absolute Gasteiger partial charge is 0.479 e. The smallest absolute Gasteiger partial charge is 0.267 e. The molecule has 0 aliphatic carbocycles. The van der Waals surface area contributed by atoms with Gasteiger partial charge in [-0.15, -0.1) is 0 Å². The van der Waals surface area contributed by atoms with Crippen molar-refractivity contribution in [2.24, 2.45) is 0 Å². The molecular weight excluding hydrogens is 408 g/mol. The van der Waals surface area contributed by atoms with Gasteiger partial charge in [-0.3, -0.25) is 9.59 Å². The number of anilines is 2. The minimum absolute atomic E-state index is 0.0463. The third-order valence-electron chi connectivity index (χ3n) is 4.52. The number of hydrogen-bond acceptors (Lipinski definition) is 3. The fourth-order valence-corrected chi connectivity index (χ4v) is 3.30. The first kappa shape index (κ1) is 19.4. The van der Waals surface area contributed by atoms with Crippen molar-refractivity contribution in [3.05, 3.63) is 52.5 Å². The van der Waals surface area contributed by atoms with Crippen LogP contribution in [0, 0.1) is 0 Å². The fraction of sp³-hybridized carbons (Fsp3) is 0.333. The highest BCUT2D eigenvalue weighted by Gasteiger charge is 2.31. The number of hydrogen-bond donors (Lipinski definition) is 1. The normalized spacial score (nSPS) is 15.9. The summed E-state index contributed by atoms with van der Waals surface area (Å²) in [4.78, 5) is 26.8. The predicted molar refractivity (Wildman–Crippen MR) is 111 cm³/mol. The molecule has 1 unspecified atom stereocenters. The van der Waals surface area contributed by atoms with E-state index in [4.69, 9.17) is 4.74 Å². The molecule has 1 atom stereocenters. The van der Waals surface area contributed by atoms with E-state index in [0.29, 0.717) is 29.2 Å². The first-order chi connectivity index (χ1) is 13.0. The Morgan fingerprint density at radius 3 is 2.63 bits per heavy atom. The number of benzene rings is 2. The molecule has 0 radical (unpaired) electrons. The lowest BCUT2D eigenvalue weighted by Gasteiger charge is -2.33. The molecule has 0 aromatic heterocycles. The standard InChI is InChI=1S/C21H23BrN2O3/c1-3-4-5-12-24-18-13-17(10-11-19(18)27-14(2)21(24)26)23-20(25)15-6-8-16(22)9-7-15/h6-11,13-14H,3-5,12H2,1-2H3,(H,23,25). The van der Waals surface area contributed by atoms with Crippen LogP contribution < -0.4 is 15.0 Å². The van der Waals surface area contributed by atoms with Gasteiger partial charge in [0, 0.05) is 22.3 Å². The molecule has 0 bridgehead atoms. The number of nitrogens with zero attached hydrogens (tertiary/aromatic N) is 1. The van der Waals surface area contributed by atoms with Gasteiger partial charge in [0.1, 0.15) is 5.75 Å². The molecular formula is C21H23BrN2O3. The molecule has 0 fully saturated rings. The molecule has 27 heavy (non-hydrogen) atoms. The van der Waals surface area contributed by atoms with E-state index >= 15 is 0 Å². The lowest BCUT2D eigenvalue weighted by molar-refractivity contribution is -0.125. The zero-order chi connectivity index (χ0) is 19.4. The lowest BCUT2D eigenvalue weighted by atomic mass is 10.1. The maximum atomic E-state index is 12.6. The summed E-state index contributed by atoms with van der Waals surface area (Å²) in [6.07, 6.45) is 2.59. The summed E-state index contributed by atoms with van der Waals surface area (Å²) in [6, 6.07) is 12.6. The van der Waals surface area contributed by atoms with Crippen molar-refractivity contribution in [3.63, 3.8) is 0 Å². The van der Waals surface area contributed by atoms with Gasteiger partial charge in [0.25, 0.3) is 11.8 Å². The number of amides is 2. The van der Waals surface area contributed by atoms with E-state index in [2.05, 4.69) is 28.2 Å². The van der Waals surface area contributed by atoms with Gasteiger partial charge in [-0.1, -0.05) is 35.7 Å². The number of carbonyl (C=O) groups is 2. The van der Waals surface area contributed by atoms with E-state index in [9.17, 15) is 9.59 Å². The predicted octanol–water partition coefficient (Wildman–Crippen LogP) is 5.01. The summed E-state index contributed by atoms with van der Waals surface area (Å²) >= 11 is 3.36. The monoisotopic (exact) mass is 430 g/mol. The molecule has 1 aliphatic rings. The maximum Gasteiger partial charge on any atom is 0.267 e. The summed E-state index contributed by atoms with van der Waals surface area (Å²) in [5.41, 5.74) is 1.91. The van der Waals surface area contributed by atoms with Crippen molar-refractivity contribution in [2.45, 2.75) is 39.2 Å². The first-order valence-electron chi connectivity index (χ1n) is 9.18. The maximum absolute atomic E-state index is 12.6. The van der Waals surface area contributed by atoms with Gasteiger partial charge < -0.3 is 15.0 Å². The molecule has 2 amide bonds. The molecule has 2 aromatic rings. The Balaban J connectivity index is 1.82. The lowest BCUT2D eigenvalue weighted by Crippen LogP contribution is -2.44. The molecule has 142 valence electrons. The third-order valence-corrected chi connectivity index (χ3v) is 5.05. The second kappa shape index (κ2) is 8.57. The molecule has 1 aliphatic heterocycles. The molecule has 0 saturated carbocycles. The van der Waals surface area contributed by atoms with Gasteiger partial charge in [0.15, 0.2) is 6.10 Å². The van der Waals surface area contributed by atoms with Crippen molar-refractivity contribution in [2.75, 3.05) is 16.8 Å². The van der Waals surface area contributed by atoms with Crippen LogP contribution in [-0.2, 0) is 4.79 Å². The Bertz CT molecular complexity index is 836. The summed E-state index contributed by atoms with van der Waals surface area (Å²) in [6.45, 7) is 4.55. The third kappa shape index (κ3) is 4.50. The SMILES string of the molecule is CCCCCN1C(=O)C(C)Oc2ccc(NC(=O)c3ccc(Br)cc3)cc21. The quantitative estimate of drug-likeness (QED) is 0.655. The summed E-state index contributed by atoms with van der Waals surface area (Å²) < 4.78 is 6.65. The molecule has 1 N–H and O–H groups in total. The van der Waals surface area contributed by atoms with Gasteiger partial charge >= 0.3 is 0 Å². The number of carbonyl (C=O) groups excluding carboxylic acids is 2. The minimum Gasteiger partial charge on any atom is -0.479 e. The van der Waals surface area contributed by atoms with Crippen molar-refractivity contribution in [1.82, 2.24) is 0 Å².